The Bertz CT molecular complexity index is 576. The van der Waals surface area contributed by atoms with Crippen LogP contribution in [0.5, 0.6) is 11.5 Å². The minimum atomic E-state index is -0.0166. The fourth-order valence-electron chi connectivity index (χ4n) is 1.65. The predicted octanol–water partition coefficient (Wildman–Crippen LogP) is 3.68. The van der Waals surface area contributed by atoms with E-state index in [2.05, 4.69) is 9.99 Å². The van der Waals surface area contributed by atoms with Crippen molar-refractivity contribution in [2.24, 2.45) is 5.16 Å². The number of hydrogen-bond donors (Lipinski definition) is 0. The minimum absolute atomic E-state index is 0.0166. The van der Waals surface area contributed by atoms with Gasteiger partial charge in [0.05, 0.1) is 6.21 Å². The zero-order chi connectivity index (χ0) is 14.2. The number of hydrogen-bond acceptors (Lipinski definition) is 4. The smallest absolute Gasteiger partial charge is 0.168 e. The molecule has 0 aliphatic rings. The molecule has 0 radical (unpaired) electrons. The fourth-order valence-corrected chi connectivity index (χ4v) is 1.65. The van der Waals surface area contributed by atoms with Crippen LogP contribution >= 0.6 is 0 Å². The maximum absolute atomic E-state index is 11.8. The van der Waals surface area contributed by atoms with Gasteiger partial charge in [-0.15, -0.1) is 0 Å². The third kappa shape index (κ3) is 3.95. The van der Waals surface area contributed by atoms with Crippen LogP contribution in [0.4, 0.5) is 0 Å². The van der Waals surface area contributed by atoms with Crippen LogP contribution in [0.2, 0.25) is 0 Å². The van der Waals surface area contributed by atoms with Crippen LogP contribution in [0, 0.1) is 0 Å². The van der Waals surface area contributed by atoms with Crippen molar-refractivity contribution in [2.75, 3.05) is 7.11 Å². The fraction of sp³-hybridized carbons (Fsp3) is 0.125. The molecular weight excluding hydrogens is 254 g/mol. The minimum Gasteiger partial charge on any atom is -0.457 e. The Balaban J connectivity index is 1.99. The lowest BCUT2D eigenvalue weighted by molar-refractivity contribution is 0.1000. The summed E-state index contributed by atoms with van der Waals surface area (Å²) >= 11 is 0. The van der Waals surface area contributed by atoms with Crippen molar-refractivity contribution in [1.29, 1.82) is 0 Å². The third-order valence-corrected chi connectivity index (χ3v) is 2.61. The van der Waals surface area contributed by atoms with Crippen LogP contribution in [0.1, 0.15) is 16.8 Å². The van der Waals surface area contributed by atoms with E-state index in [4.69, 9.17) is 4.74 Å². The Morgan fingerprint density at radius 2 is 1.70 bits per heavy atom. The second kappa shape index (κ2) is 7.09. The number of rotatable bonds is 6. The molecule has 2 rings (SSSR count). The first kappa shape index (κ1) is 13.8. The SMILES string of the molecule is CON=CCC(=O)c1ccc(Oc2ccccc2)cc1. The van der Waals surface area contributed by atoms with Gasteiger partial charge >= 0.3 is 0 Å². The molecule has 4 nitrogen and oxygen atoms in total. The molecule has 0 saturated carbocycles. The molecule has 102 valence electrons. The van der Waals surface area contributed by atoms with E-state index < -0.39 is 0 Å². The Kier molecular flexibility index (Phi) is 4.89. The summed E-state index contributed by atoms with van der Waals surface area (Å²) in [4.78, 5) is 16.3. The number of carbonyl (C=O) groups excluding carboxylic acids is 1. The molecule has 0 amide bonds. The van der Waals surface area contributed by atoms with Gasteiger partial charge in [-0.05, 0) is 36.4 Å². The van der Waals surface area contributed by atoms with Gasteiger partial charge in [0.1, 0.15) is 18.6 Å². The quantitative estimate of drug-likeness (QED) is 0.456. The van der Waals surface area contributed by atoms with Crippen molar-refractivity contribution >= 4 is 12.0 Å². The molecule has 0 aromatic heterocycles. The number of carbonyl (C=O) groups is 1. The Morgan fingerprint density at radius 1 is 1.05 bits per heavy atom. The number of oxime groups is 1. The van der Waals surface area contributed by atoms with E-state index >= 15 is 0 Å². The van der Waals surface area contributed by atoms with Gasteiger partial charge in [0.2, 0.25) is 0 Å². The van der Waals surface area contributed by atoms with Crippen molar-refractivity contribution in [3.8, 4) is 11.5 Å². The number of nitrogens with zero attached hydrogens (tertiary/aromatic N) is 1. The van der Waals surface area contributed by atoms with Gasteiger partial charge in [-0.3, -0.25) is 4.79 Å². The van der Waals surface area contributed by atoms with Gasteiger partial charge in [-0.2, -0.15) is 0 Å². The molecule has 0 fully saturated rings. The van der Waals surface area contributed by atoms with E-state index in [0.29, 0.717) is 11.3 Å². The molecule has 0 saturated heterocycles. The Labute approximate surface area is 117 Å². The van der Waals surface area contributed by atoms with E-state index in [9.17, 15) is 4.79 Å². The first-order valence-electron chi connectivity index (χ1n) is 6.21. The van der Waals surface area contributed by atoms with E-state index in [1.165, 1.54) is 13.3 Å². The average molecular weight is 269 g/mol. The molecule has 0 unspecified atom stereocenters. The van der Waals surface area contributed by atoms with Gasteiger partial charge in [-0.25, -0.2) is 0 Å². The van der Waals surface area contributed by atoms with Gasteiger partial charge in [0.15, 0.2) is 5.78 Å². The summed E-state index contributed by atoms with van der Waals surface area (Å²) in [7, 11) is 1.44. The molecule has 0 bridgehead atoms. The standard InChI is InChI=1S/C16H15NO3/c1-19-17-12-11-16(18)13-7-9-15(10-8-13)20-14-5-3-2-4-6-14/h2-10,12H,11H2,1H3. The molecule has 2 aromatic rings. The van der Waals surface area contributed by atoms with Crippen molar-refractivity contribution in [2.45, 2.75) is 6.42 Å². The second-order valence-electron chi connectivity index (χ2n) is 4.04. The van der Waals surface area contributed by atoms with E-state index in [1.807, 2.05) is 30.3 Å². The molecule has 0 aliphatic heterocycles. The van der Waals surface area contributed by atoms with Crippen LogP contribution in [0.3, 0.4) is 0 Å². The molecule has 0 heterocycles. The molecular formula is C16H15NO3. The van der Waals surface area contributed by atoms with Gasteiger partial charge < -0.3 is 9.57 Å². The highest BCUT2D eigenvalue weighted by Crippen LogP contribution is 2.21. The highest BCUT2D eigenvalue weighted by molar-refractivity contribution is 6.03. The average Bonchev–Trinajstić information content (AvgIpc) is 2.49. The lowest BCUT2D eigenvalue weighted by atomic mass is 10.1. The molecule has 0 spiro atoms. The van der Waals surface area contributed by atoms with E-state index in [0.717, 1.165) is 5.75 Å². The summed E-state index contributed by atoms with van der Waals surface area (Å²) in [5.74, 6) is 1.44. The summed E-state index contributed by atoms with van der Waals surface area (Å²) in [5, 5.41) is 3.54. The summed E-state index contributed by atoms with van der Waals surface area (Å²) in [6, 6.07) is 16.5. The Morgan fingerprint density at radius 3 is 2.35 bits per heavy atom. The lowest BCUT2D eigenvalue weighted by Crippen LogP contribution is -1.99. The maximum atomic E-state index is 11.8. The van der Waals surface area contributed by atoms with Crippen LogP contribution in [-0.2, 0) is 4.84 Å². The monoisotopic (exact) mass is 269 g/mol. The zero-order valence-corrected chi connectivity index (χ0v) is 11.2. The summed E-state index contributed by atoms with van der Waals surface area (Å²) in [6.45, 7) is 0. The zero-order valence-electron chi connectivity index (χ0n) is 11.2. The van der Waals surface area contributed by atoms with Crippen LogP contribution < -0.4 is 4.74 Å². The molecule has 0 atom stereocenters. The maximum Gasteiger partial charge on any atom is 0.168 e. The van der Waals surface area contributed by atoms with Crippen molar-refractivity contribution in [3.63, 3.8) is 0 Å². The number of para-hydroxylation sites is 1. The molecule has 2 aromatic carbocycles. The predicted molar refractivity (Wildman–Crippen MR) is 77.4 cm³/mol. The molecule has 0 aliphatic carbocycles. The van der Waals surface area contributed by atoms with Gasteiger partial charge in [0.25, 0.3) is 0 Å². The van der Waals surface area contributed by atoms with Crippen molar-refractivity contribution in [1.82, 2.24) is 0 Å². The lowest BCUT2D eigenvalue weighted by Gasteiger charge is -2.05. The van der Waals surface area contributed by atoms with Crippen LogP contribution in [0.25, 0.3) is 0 Å². The number of Topliss-reactive ketones (excluding diaryl/α,β-unsaturated/α-hetero) is 1. The first-order valence-corrected chi connectivity index (χ1v) is 6.21. The van der Waals surface area contributed by atoms with Crippen LogP contribution in [0.15, 0.2) is 59.8 Å². The number of benzene rings is 2. The summed E-state index contributed by atoms with van der Waals surface area (Å²) < 4.78 is 5.65. The highest BCUT2D eigenvalue weighted by atomic mass is 16.6. The van der Waals surface area contributed by atoms with Crippen LogP contribution in [-0.4, -0.2) is 19.1 Å². The number of ketones is 1. The molecule has 20 heavy (non-hydrogen) atoms. The normalized spacial score (nSPS) is 10.4. The largest absolute Gasteiger partial charge is 0.457 e. The topological polar surface area (TPSA) is 47.9 Å². The van der Waals surface area contributed by atoms with Gasteiger partial charge in [0, 0.05) is 12.0 Å². The second-order valence-corrected chi connectivity index (χ2v) is 4.04. The van der Waals surface area contributed by atoms with Crippen molar-refractivity contribution < 1.29 is 14.4 Å². The van der Waals surface area contributed by atoms with E-state index in [-0.39, 0.29) is 12.2 Å². The highest BCUT2D eigenvalue weighted by Gasteiger charge is 2.04. The summed E-state index contributed by atoms with van der Waals surface area (Å²) in [5.41, 5.74) is 0.618. The van der Waals surface area contributed by atoms with E-state index in [1.54, 1.807) is 24.3 Å². The molecule has 4 heteroatoms. The van der Waals surface area contributed by atoms with Gasteiger partial charge in [-0.1, -0.05) is 23.4 Å². The number of ether oxygens (including phenoxy) is 1. The molecule has 0 N–H and O–H groups in total. The third-order valence-electron chi connectivity index (χ3n) is 2.61. The summed E-state index contributed by atoms with van der Waals surface area (Å²) in [6.07, 6.45) is 1.66. The first-order chi connectivity index (χ1) is 9.79. The van der Waals surface area contributed by atoms with Crippen molar-refractivity contribution in [3.05, 3.63) is 60.2 Å². The Hall–Kier alpha value is -2.62.